The van der Waals surface area contributed by atoms with Gasteiger partial charge in [0.2, 0.25) is 0 Å². The molecule has 2 aromatic carbocycles. The summed E-state index contributed by atoms with van der Waals surface area (Å²) < 4.78 is 1.71. The second-order valence-corrected chi connectivity index (χ2v) is 4.36. The van der Waals surface area contributed by atoms with Crippen molar-refractivity contribution in [3.05, 3.63) is 71.9 Å². The highest BCUT2D eigenvalue weighted by Gasteiger charge is 2.12. The van der Waals surface area contributed by atoms with Crippen LogP contribution in [0.4, 0.5) is 0 Å². The highest BCUT2D eigenvalue weighted by Crippen LogP contribution is 2.18. The first-order valence-electron chi connectivity index (χ1n) is 5.94. The number of rotatable bonds is 1. The van der Waals surface area contributed by atoms with Gasteiger partial charge in [0.25, 0.3) is 5.91 Å². The number of carbonyl (C=O) groups excluding carboxylic acids is 1. The average molecular weight is 235 g/mol. The Balaban J connectivity index is 2.16. The van der Waals surface area contributed by atoms with E-state index in [1.807, 2.05) is 67.7 Å². The molecule has 0 atom stereocenters. The second kappa shape index (κ2) is 4.15. The summed E-state index contributed by atoms with van der Waals surface area (Å²) >= 11 is 0. The number of hydrogen-bond acceptors (Lipinski definition) is 1. The lowest BCUT2D eigenvalue weighted by atomic mass is 10.1. The summed E-state index contributed by atoms with van der Waals surface area (Å²) in [7, 11) is 0. The number of nitrogens with zero attached hydrogens (tertiary/aromatic N) is 1. The highest BCUT2D eigenvalue weighted by atomic mass is 16.2. The van der Waals surface area contributed by atoms with Crippen molar-refractivity contribution in [1.82, 2.24) is 4.57 Å². The summed E-state index contributed by atoms with van der Waals surface area (Å²) in [5, 5.41) is 1.08. The van der Waals surface area contributed by atoms with Crippen molar-refractivity contribution in [2.75, 3.05) is 0 Å². The minimum absolute atomic E-state index is 0.0225. The zero-order valence-electron chi connectivity index (χ0n) is 10.1. The Morgan fingerprint density at radius 3 is 2.50 bits per heavy atom. The van der Waals surface area contributed by atoms with Crippen LogP contribution in [-0.4, -0.2) is 10.5 Å². The van der Waals surface area contributed by atoms with Crippen molar-refractivity contribution in [3.63, 3.8) is 0 Å². The number of para-hydroxylation sites is 1. The van der Waals surface area contributed by atoms with E-state index in [0.717, 1.165) is 22.0 Å². The molecule has 0 radical (unpaired) electrons. The van der Waals surface area contributed by atoms with Crippen molar-refractivity contribution in [2.24, 2.45) is 0 Å². The van der Waals surface area contributed by atoms with Crippen molar-refractivity contribution in [2.45, 2.75) is 6.92 Å². The lowest BCUT2D eigenvalue weighted by molar-refractivity contribution is 0.0964. The van der Waals surface area contributed by atoms with Gasteiger partial charge in [0.1, 0.15) is 0 Å². The minimum Gasteiger partial charge on any atom is -0.283 e. The zero-order valence-corrected chi connectivity index (χ0v) is 10.1. The second-order valence-electron chi connectivity index (χ2n) is 4.36. The molecule has 1 aromatic heterocycles. The number of carbonyl (C=O) groups is 1. The van der Waals surface area contributed by atoms with Gasteiger partial charge in [0, 0.05) is 17.1 Å². The van der Waals surface area contributed by atoms with Gasteiger partial charge >= 0.3 is 0 Å². The number of fused-ring (bicyclic) bond motifs is 1. The van der Waals surface area contributed by atoms with Gasteiger partial charge < -0.3 is 0 Å². The van der Waals surface area contributed by atoms with E-state index in [4.69, 9.17) is 0 Å². The van der Waals surface area contributed by atoms with E-state index in [-0.39, 0.29) is 5.91 Å². The van der Waals surface area contributed by atoms with Crippen LogP contribution < -0.4 is 0 Å². The first-order chi connectivity index (χ1) is 8.77. The molecule has 18 heavy (non-hydrogen) atoms. The first kappa shape index (κ1) is 10.8. The molecule has 1 heterocycles. The normalized spacial score (nSPS) is 10.7. The van der Waals surface area contributed by atoms with Gasteiger partial charge in [-0.2, -0.15) is 0 Å². The van der Waals surface area contributed by atoms with E-state index in [0.29, 0.717) is 0 Å². The van der Waals surface area contributed by atoms with Crippen LogP contribution in [-0.2, 0) is 0 Å². The van der Waals surface area contributed by atoms with Crippen LogP contribution in [0.5, 0.6) is 0 Å². The topological polar surface area (TPSA) is 22.0 Å². The van der Waals surface area contributed by atoms with E-state index < -0.39 is 0 Å². The van der Waals surface area contributed by atoms with E-state index in [1.54, 1.807) is 4.57 Å². The molecule has 0 aliphatic rings. The highest BCUT2D eigenvalue weighted by molar-refractivity contribution is 6.02. The fraction of sp³-hybridized carbons (Fsp3) is 0.0625. The van der Waals surface area contributed by atoms with Crippen LogP contribution in [0.1, 0.15) is 15.9 Å². The van der Waals surface area contributed by atoms with Gasteiger partial charge in [-0.15, -0.1) is 0 Å². The molecule has 0 unspecified atom stereocenters. The van der Waals surface area contributed by atoms with Gasteiger partial charge in [-0.25, -0.2) is 0 Å². The monoisotopic (exact) mass is 235 g/mol. The van der Waals surface area contributed by atoms with Crippen molar-refractivity contribution < 1.29 is 4.79 Å². The summed E-state index contributed by atoms with van der Waals surface area (Å²) in [5.74, 6) is 0.0225. The third kappa shape index (κ3) is 1.63. The Morgan fingerprint density at radius 1 is 0.944 bits per heavy atom. The van der Waals surface area contributed by atoms with Crippen LogP contribution in [0.15, 0.2) is 60.8 Å². The quantitative estimate of drug-likeness (QED) is 0.631. The lowest BCUT2D eigenvalue weighted by Gasteiger charge is -2.06. The van der Waals surface area contributed by atoms with Crippen molar-refractivity contribution in [3.8, 4) is 0 Å². The third-order valence-electron chi connectivity index (χ3n) is 3.19. The Hall–Kier alpha value is -2.35. The van der Waals surface area contributed by atoms with Gasteiger partial charge in [-0.3, -0.25) is 9.36 Å². The molecule has 0 aliphatic heterocycles. The van der Waals surface area contributed by atoms with Crippen LogP contribution >= 0.6 is 0 Å². The van der Waals surface area contributed by atoms with Gasteiger partial charge in [-0.1, -0.05) is 36.4 Å². The van der Waals surface area contributed by atoms with Gasteiger partial charge in [0.05, 0.1) is 5.52 Å². The maximum Gasteiger partial charge on any atom is 0.262 e. The Labute approximate surface area is 105 Å². The predicted molar refractivity (Wildman–Crippen MR) is 72.8 cm³/mol. The SMILES string of the molecule is Cc1ccccc1C(=O)n1ccc2ccccc21. The fourth-order valence-corrected chi connectivity index (χ4v) is 2.20. The average Bonchev–Trinajstić information content (AvgIpc) is 2.82. The molecule has 3 aromatic rings. The molecule has 0 saturated heterocycles. The molecule has 0 fully saturated rings. The minimum atomic E-state index is 0.0225. The smallest absolute Gasteiger partial charge is 0.262 e. The summed E-state index contributed by atoms with van der Waals surface area (Å²) in [6.45, 7) is 1.96. The Bertz CT molecular complexity index is 725. The summed E-state index contributed by atoms with van der Waals surface area (Å²) in [5.41, 5.74) is 2.70. The van der Waals surface area contributed by atoms with E-state index in [9.17, 15) is 4.79 Å². The molecule has 3 rings (SSSR count). The number of aromatic nitrogens is 1. The molecule has 2 heteroatoms. The maximum absolute atomic E-state index is 12.5. The Morgan fingerprint density at radius 2 is 1.67 bits per heavy atom. The molecular formula is C16H13NO. The maximum atomic E-state index is 12.5. The predicted octanol–water partition coefficient (Wildman–Crippen LogP) is 3.64. The summed E-state index contributed by atoms with van der Waals surface area (Å²) in [6, 6.07) is 17.5. The zero-order chi connectivity index (χ0) is 12.5. The van der Waals surface area contributed by atoms with Crippen LogP contribution in [0, 0.1) is 6.92 Å². The molecule has 0 aliphatic carbocycles. The van der Waals surface area contributed by atoms with Crippen LogP contribution in [0.3, 0.4) is 0 Å². The lowest BCUT2D eigenvalue weighted by Crippen LogP contribution is -2.11. The van der Waals surface area contributed by atoms with E-state index >= 15 is 0 Å². The molecule has 0 bridgehead atoms. The number of hydrogen-bond donors (Lipinski definition) is 0. The number of aryl methyl sites for hydroxylation is 1. The van der Waals surface area contributed by atoms with Crippen molar-refractivity contribution >= 4 is 16.8 Å². The molecule has 0 amide bonds. The summed E-state index contributed by atoms with van der Waals surface area (Å²) in [6.07, 6.45) is 1.83. The molecule has 0 spiro atoms. The van der Waals surface area contributed by atoms with E-state index in [1.165, 1.54) is 0 Å². The Kier molecular flexibility index (Phi) is 2.49. The van der Waals surface area contributed by atoms with Crippen molar-refractivity contribution in [1.29, 1.82) is 0 Å². The van der Waals surface area contributed by atoms with Gasteiger partial charge in [0.15, 0.2) is 0 Å². The van der Waals surface area contributed by atoms with Gasteiger partial charge in [-0.05, 0) is 30.7 Å². The largest absolute Gasteiger partial charge is 0.283 e. The fourth-order valence-electron chi connectivity index (χ4n) is 2.20. The molecule has 0 N–H and O–H groups in total. The third-order valence-corrected chi connectivity index (χ3v) is 3.19. The van der Waals surface area contributed by atoms with Crippen LogP contribution in [0.2, 0.25) is 0 Å². The number of benzene rings is 2. The van der Waals surface area contributed by atoms with E-state index in [2.05, 4.69) is 0 Å². The summed E-state index contributed by atoms with van der Waals surface area (Å²) in [4.78, 5) is 12.5. The molecule has 0 saturated carbocycles. The molecule has 88 valence electrons. The standard InChI is InChI=1S/C16H13NO/c1-12-6-2-4-8-14(12)16(18)17-11-10-13-7-3-5-9-15(13)17/h2-11H,1H3. The molecule has 2 nitrogen and oxygen atoms in total. The first-order valence-corrected chi connectivity index (χ1v) is 5.94. The molecular weight excluding hydrogens is 222 g/mol. The van der Waals surface area contributed by atoms with Crippen LogP contribution in [0.25, 0.3) is 10.9 Å².